The van der Waals surface area contributed by atoms with E-state index in [-0.39, 0.29) is 9.97 Å². The highest BCUT2D eigenvalue weighted by atomic mass is 127. The molecule has 2 aromatic carbocycles. The van der Waals surface area contributed by atoms with Gasteiger partial charge in [0.05, 0.1) is 9.97 Å². The summed E-state index contributed by atoms with van der Waals surface area (Å²) in [5.41, 5.74) is 2.23. The fraction of sp³-hybridized carbons (Fsp3) is 0.278. The molecule has 3 rings (SSSR count). The molecule has 0 radical (unpaired) electrons. The van der Waals surface area contributed by atoms with Gasteiger partial charge >= 0.3 is 0 Å². The van der Waals surface area contributed by atoms with Gasteiger partial charge in [-0.2, -0.15) is 0 Å². The number of halogens is 2. The van der Waals surface area contributed by atoms with Gasteiger partial charge in [0.15, 0.2) is 0 Å². The van der Waals surface area contributed by atoms with Crippen LogP contribution in [0.5, 0.6) is 0 Å². The van der Waals surface area contributed by atoms with Gasteiger partial charge in [-0.3, -0.25) is 9.69 Å². The lowest BCUT2D eigenvalue weighted by molar-refractivity contribution is -0.123. The number of Topliss-reactive ketones (excluding diaryl/α,β-unsaturated/α-hetero) is 1. The predicted octanol–water partition coefficient (Wildman–Crippen LogP) is 4.83. The summed E-state index contributed by atoms with van der Waals surface area (Å²) in [5, 5.41) is 0.687. The molecule has 0 aliphatic carbocycles. The van der Waals surface area contributed by atoms with Crippen LogP contribution in [-0.2, 0) is 4.79 Å². The summed E-state index contributed by atoms with van der Waals surface area (Å²) in [6.07, 6.45) is 0.586. The molecule has 0 saturated carbocycles. The van der Waals surface area contributed by atoms with Crippen LogP contribution < -0.4 is 0 Å². The van der Waals surface area contributed by atoms with E-state index in [0.29, 0.717) is 17.2 Å². The van der Waals surface area contributed by atoms with E-state index in [2.05, 4.69) is 51.8 Å². The predicted molar refractivity (Wildman–Crippen MR) is 98.6 cm³/mol. The van der Waals surface area contributed by atoms with Crippen LogP contribution in [0, 0.1) is 0 Å². The number of benzene rings is 2. The highest BCUT2D eigenvalue weighted by Crippen LogP contribution is 2.35. The minimum absolute atomic E-state index is 0.122. The van der Waals surface area contributed by atoms with Gasteiger partial charge in [-0.15, -0.1) is 0 Å². The Morgan fingerprint density at radius 2 is 1.77 bits per heavy atom. The number of hydrogen-bond acceptors (Lipinski definition) is 2. The number of rotatable bonds is 3. The molecule has 2 atom stereocenters. The second-order valence-electron chi connectivity index (χ2n) is 5.53. The number of alkyl halides is 1. The van der Waals surface area contributed by atoms with E-state index in [1.54, 1.807) is 0 Å². The van der Waals surface area contributed by atoms with Crippen molar-refractivity contribution in [3.05, 3.63) is 70.7 Å². The third-order valence-electron chi connectivity index (χ3n) is 4.13. The van der Waals surface area contributed by atoms with E-state index < -0.39 is 0 Å². The number of carbonyl (C=O) groups is 1. The summed E-state index contributed by atoms with van der Waals surface area (Å²) in [5.74, 6) is 0.171. The maximum absolute atomic E-state index is 12.4. The van der Waals surface area contributed by atoms with Crippen molar-refractivity contribution in [3.63, 3.8) is 0 Å². The molecule has 4 heteroatoms. The molecule has 2 aromatic rings. The molecule has 114 valence electrons. The van der Waals surface area contributed by atoms with Crippen molar-refractivity contribution >= 4 is 40.0 Å². The van der Waals surface area contributed by atoms with Crippen LogP contribution in [0.15, 0.2) is 54.6 Å². The number of nitrogens with zero attached hydrogens (tertiary/aromatic N) is 1. The lowest BCUT2D eigenvalue weighted by atomic mass is 9.89. The Morgan fingerprint density at radius 1 is 1.09 bits per heavy atom. The fourth-order valence-corrected chi connectivity index (χ4v) is 4.10. The molecule has 0 amide bonds. The second-order valence-corrected chi connectivity index (χ2v) is 7.12. The summed E-state index contributed by atoms with van der Waals surface area (Å²) < 4.78 is 0.275. The Kier molecular flexibility index (Phi) is 5.16. The number of piperidine rings is 1. The van der Waals surface area contributed by atoms with E-state index in [1.165, 1.54) is 5.56 Å². The van der Waals surface area contributed by atoms with E-state index >= 15 is 0 Å². The quantitative estimate of drug-likeness (QED) is 0.399. The van der Waals surface area contributed by atoms with Gasteiger partial charge in [-0.25, -0.2) is 0 Å². The molecule has 1 saturated heterocycles. The molecule has 0 spiro atoms. The average Bonchev–Trinajstić information content (AvgIpc) is 2.56. The van der Waals surface area contributed by atoms with Crippen LogP contribution in [0.1, 0.15) is 27.5 Å². The number of likely N-dealkylation sites (tertiary alicyclic amines) is 1. The summed E-state index contributed by atoms with van der Waals surface area (Å²) in [6, 6.07) is 18.1. The van der Waals surface area contributed by atoms with Crippen molar-refractivity contribution in [3.8, 4) is 0 Å². The van der Waals surface area contributed by atoms with Crippen LogP contribution in [-0.4, -0.2) is 23.8 Å². The van der Waals surface area contributed by atoms with Crippen molar-refractivity contribution in [2.75, 3.05) is 13.1 Å². The molecule has 2 nitrogen and oxygen atoms in total. The summed E-state index contributed by atoms with van der Waals surface area (Å²) in [7, 11) is 0. The number of ketones is 1. The van der Waals surface area contributed by atoms with Gasteiger partial charge in [0.25, 0.3) is 0 Å². The topological polar surface area (TPSA) is 20.3 Å². The van der Waals surface area contributed by atoms with Gasteiger partial charge < -0.3 is 0 Å². The zero-order valence-electron chi connectivity index (χ0n) is 12.1. The number of carbonyl (C=O) groups excluding carboxylic acids is 1. The minimum Gasteiger partial charge on any atom is -0.299 e. The third-order valence-corrected chi connectivity index (χ3v) is 5.98. The van der Waals surface area contributed by atoms with E-state index in [9.17, 15) is 4.79 Å². The lowest BCUT2D eigenvalue weighted by Crippen LogP contribution is -2.40. The standard InChI is InChI=1S/C18H17ClINO/c19-16-9-5-4-8-14(16)15-12-21(11-10-17(15)22)18(20)13-6-2-1-3-7-13/h1-9,15,18H,10-12H2. The van der Waals surface area contributed by atoms with Gasteiger partial charge in [-0.1, -0.05) is 82.7 Å². The Hall–Kier alpha value is -0.910. The van der Waals surface area contributed by atoms with Crippen molar-refractivity contribution < 1.29 is 4.79 Å². The van der Waals surface area contributed by atoms with Gasteiger partial charge in [0, 0.05) is 24.5 Å². The zero-order chi connectivity index (χ0) is 15.5. The first-order valence-corrected chi connectivity index (χ1v) is 8.99. The Morgan fingerprint density at radius 3 is 2.50 bits per heavy atom. The summed E-state index contributed by atoms with van der Waals surface area (Å²) in [6.45, 7) is 1.54. The molecule has 0 bridgehead atoms. The van der Waals surface area contributed by atoms with Crippen molar-refractivity contribution in [2.24, 2.45) is 0 Å². The van der Waals surface area contributed by atoms with Crippen LogP contribution in [0.2, 0.25) is 5.02 Å². The Bertz CT molecular complexity index is 661. The van der Waals surface area contributed by atoms with Crippen LogP contribution >= 0.6 is 34.2 Å². The third kappa shape index (κ3) is 3.36. The molecular weight excluding hydrogens is 409 g/mol. The Labute approximate surface area is 149 Å². The maximum Gasteiger partial charge on any atom is 0.142 e. The first-order valence-electron chi connectivity index (χ1n) is 7.37. The molecule has 0 N–H and O–H groups in total. The fourth-order valence-electron chi connectivity index (χ4n) is 2.91. The van der Waals surface area contributed by atoms with Crippen LogP contribution in [0.4, 0.5) is 0 Å². The largest absolute Gasteiger partial charge is 0.299 e. The lowest BCUT2D eigenvalue weighted by Gasteiger charge is -2.35. The van der Waals surface area contributed by atoms with E-state index in [4.69, 9.17) is 11.6 Å². The van der Waals surface area contributed by atoms with Crippen LogP contribution in [0.3, 0.4) is 0 Å². The molecule has 1 aliphatic heterocycles. The second kappa shape index (κ2) is 7.11. The number of hydrogen-bond donors (Lipinski definition) is 0. The molecule has 0 aromatic heterocycles. The molecule has 2 unspecified atom stereocenters. The molecule has 1 aliphatic rings. The summed E-state index contributed by atoms with van der Waals surface area (Å²) >= 11 is 8.75. The zero-order valence-corrected chi connectivity index (χ0v) is 15.0. The highest BCUT2D eigenvalue weighted by Gasteiger charge is 2.32. The van der Waals surface area contributed by atoms with Gasteiger partial charge in [0.2, 0.25) is 0 Å². The van der Waals surface area contributed by atoms with Gasteiger partial charge in [-0.05, 0) is 17.2 Å². The van der Waals surface area contributed by atoms with Crippen molar-refractivity contribution in [1.82, 2.24) is 4.90 Å². The maximum atomic E-state index is 12.4. The molecule has 22 heavy (non-hydrogen) atoms. The first kappa shape index (κ1) is 16.0. The first-order chi connectivity index (χ1) is 10.7. The smallest absolute Gasteiger partial charge is 0.142 e. The van der Waals surface area contributed by atoms with Crippen molar-refractivity contribution in [1.29, 1.82) is 0 Å². The van der Waals surface area contributed by atoms with E-state index in [1.807, 2.05) is 30.3 Å². The SMILES string of the molecule is O=C1CCN(C(I)c2ccccc2)CC1c1ccccc1Cl. The van der Waals surface area contributed by atoms with E-state index in [0.717, 1.165) is 18.7 Å². The van der Waals surface area contributed by atoms with Gasteiger partial charge in [0.1, 0.15) is 5.78 Å². The highest BCUT2D eigenvalue weighted by molar-refractivity contribution is 14.1. The van der Waals surface area contributed by atoms with Crippen molar-refractivity contribution in [2.45, 2.75) is 16.4 Å². The van der Waals surface area contributed by atoms with Crippen LogP contribution in [0.25, 0.3) is 0 Å². The normalized spacial score (nSPS) is 20.8. The monoisotopic (exact) mass is 425 g/mol. The summed E-state index contributed by atoms with van der Waals surface area (Å²) in [4.78, 5) is 14.7. The molecule has 1 heterocycles. The molecule has 1 fully saturated rings. The average molecular weight is 426 g/mol. The Balaban J connectivity index is 1.82. The minimum atomic E-state index is -0.122. The molecular formula is C18H17ClINO.